The Hall–Kier alpha value is -1.67. The average molecular weight is 319 g/mol. The minimum absolute atomic E-state index is 0.120. The third-order valence-corrected chi connectivity index (χ3v) is 3.37. The lowest BCUT2D eigenvalue weighted by Gasteiger charge is -2.11. The molecule has 19 heavy (non-hydrogen) atoms. The van der Waals surface area contributed by atoms with Crippen molar-refractivity contribution in [2.75, 3.05) is 0 Å². The van der Waals surface area contributed by atoms with E-state index < -0.39 is 0 Å². The SMILES string of the molecule is CC.N#CC1CC(c2ccccc2)n2nc(Br)nc21. The highest BCUT2D eigenvalue weighted by atomic mass is 79.9. The molecule has 5 heteroatoms. The van der Waals surface area contributed by atoms with E-state index in [1.165, 1.54) is 5.56 Å². The van der Waals surface area contributed by atoms with Gasteiger partial charge in [-0.3, -0.25) is 0 Å². The lowest BCUT2D eigenvalue weighted by Crippen LogP contribution is -2.07. The summed E-state index contributed by atoms with van der Waals surface area (Å²) in [4.78, 5) is 4.27. The van der Waals surface area contributed by atoms with Crippen LogP contribution in [0.15, 0.2) is 35.1 Å². The van der Waals surface area contributed by atoms with Crippen molar-refractivity contribution in [2.45, 2.75) is 32.2 Å². The maximum atomic E-state index is 9.14. The molecule has 0 amide bonds. The molecule has 1 aliphatic rings. The van der Waals surface area contributed by atoms with Crippen molar-refractivity contribution < 1.29 is 0 Å². The number of benzene rings is 1. The van der Waals surface area contributed by atoms with Crippen LogP contribution in [0.2, 0.25) is 0 Å². The Balaban J connectivity index is 0.000000637. The molecule has 1 aromatic heterocycles. The minimum Gasteiger partial charge on any atom is -0.240 e. The molecule has 3 rings (SSSR count). The Labute approximate surface area is 121 Å². The van der Waals surface area contributed by atoms with Gasteiger partial charge in [0.15, 0.2) is 0 Å². The van der Waals surface area contributed by atoms with Gasteiger partial charge in [0.2, 0.25) is 4.73 Å². The summed E-state index contributed by atoms with van der Waals surface area (Å²) < 4.78 is 2.40. The van der Waals surface area contributed by atoms with Crippen LogP contribution in [0, 0.1) is 11.3 Å². The summed E-state index contributed by atoms with van der Waals surface area (Å²) in [7, 11) is 0. The highest BCUT2D eigenvalue weighted by Gasteiger charge is 2.34. The van der Waals surface area contributed by atoms with Crippen LogP contribution in [0.3, 0.4) is 0 Å². The molecule has 1 aromatic carbocycles. The Kier molecular flexibility index (Phi) is 4.33. The van der Waals surface area contributed by atoms with E-state index in [4.69, 9.17) is 5.26 Å². The van der Waals surface area contributed by atoms with Crippen molar-refractivity contribution >= 4 is 15.9 Å². The molecule has 2 aromatic rings. The molecule has 0 N–H and O–H groups in total. The molecule has 0 saturated heterocycles. The van der Waals surface area contributed by atoms with E-state index in [9.17, 15) is 0 Å². The van der Waals surface area contributed by atoms with Gasteiger partial charge in [-0.05, 0) is 27.9 Å². The zero-order valence-corrected chi connectivity index (χ0v) is 12.5. The standard InChI is InChI=1S/C12H9BrN4.C2H6/c13-12-15-11-9(7-14)6-10(17(11)16-12)8-4-2-1-3-5-8;1-2/h1-5,9-10H,6H2;1-2H3. The summed E-state index contributed by atoms with van der Waals surface area (Å²) in [5.41, 5.74) is 1.17. The maximum absolute atomic E-state index is 9.14. The van der Waals surface area contributed by atoms with Gasteiger partial charge in [0, 0.05) is 0 Å². The van der Waals surface area contributed by atoms with Crippen molar-refractivity contribution in [3.8, 4) is 6.07 Å². The maximum Gasteiger partial charge on any atom is 0.217 e. The second kappa shape index (κ2) is 5.98. The van der Waals surface area contributed by atoms with Crippen molar-refractivity contribution in [3.05, 3.63) is 46.5 Å². The van der Waals surface area contributed by atoms with E-state index in [0.29, 0.717) is 4.73 Å². The minimum atomic E-state index is -0.168. The first kappa shape index (κ1) is 13.8. The molecule has 0 fully saturated rings. The molecular formula is C14H15BrN4. The van der Waals surface area contributed by atoms with E-state index in [1.54, 1.807) is 0 Å². The van der Waals surface area contributed by atoms with Crippen LogP contribution in [0.25, 0.3) is 0 Å². The highest BCUT2D eigenvalue weighted by molar-refractivity contribution is 9.10. The number of aromatic nitrogens is 3. The Morgan fingerprint density at radius 1 is 1.32 bits per heavy atom. The lowest BCUT2D eigenvalue weighted by atomic mass is 10.00. The van der Waals surface area contributed by atoms with Crippen LogP contribution < -0.4 is 0 Å². The van der Waals surface area contributed by atoms with Crippen LogP contribution in [-0.2, 0) is 0 Å². The quantitative estimate of drug-likeness (QED) is 0.806. The molecule has 2 atom stereocenters. The van der Waals surface area contributed by atoms with Crippen LogP contribution in [0.5, 0.6) is 0 Å². The number of fused-ring (bicyclic) bond motifs is 1. The normalized spacial score (nSPS) is 20.1. The second-order valence-corrected chi connectivity index (χ2v) is 4.74. The van der Waals surface area contributed by atoms with Gasteiger partial charge >= 0.3 is 0 Å². The predicted octanol–water partition coefficient (Wildman–Crippen LogP) is 3.67. The fourth-order valence-electron chi connectivity index (χ4n) is 2.27. The van der Waals surface area contributed by atoms with Gasteiger partial charge in [-0.25, -0.2) is 9.67 Å². The first-order chi connectivity index (χ1) is 9.29. The summed E-state index contributed by atoms with van der Waals surface area (Å²) in [6.45, 7) is 4.00. The average Bonchev–Trinajstić information content (AvgIpc) is 2.99. The number of hydrogen-bond acceptors (Lipinski definition) is 3. The number of halogens is 1. The fourth-order valence-corrected chi connectivity index (χ4v) is 2.62. The molecule has 98 valence electrons. The van der Waals surface area contributed by atoms with Crippen LogP contribution in [0.4, 0.5) is 0 Å². The zero-order valence-electron chi connectivity index (χ0n) is 10.9. The first-order valence-electron chi connectivity index (χ1n) is 6.36. The molecule has 0 spiro atoms. The smallest absolute Gasteiger partial charge is 0.217 e. The molecule has 2 unspecified atom stereocenters. The van der Waals surface area contributed by atoms with Crippen molar-refractivity contribution in [1.29, 1.82) is 5.26 Å². The zero-order chi connectivity index (χ0) is 13.8. The van der Waals surface area contributed by atoms with Gasteiger partial charge in [0.05, 0.1) is 12.1 Å². The van der Waals surface area contributed by atoms with Gasteiger partial charge in [-0.1, -0.05) is 44.2 Å². The van der Waals surface area contributed by atoms with Crippen LogP contribution >= 0.6 is 15.9 Å². The Morgan fingerprint density at radius 2 is 2.00 bits per heavy atom. The molecule has 0 aliphatic carbocycles. The van der Waals surface area contributed by atoms with Gasteiger partial charge in [-0.15, -0.1) is 5.10 Å². The van der Waals surface area contributed by atoms with E-state index in [1.807, 2.05) is 36.7 Å². The van der Waals surface area contributed by atoms with E-state index in [2.05, 4.69) is 44.2 Å². The topological polar surface area (TPSA) is 54.5 Å². The molecule has 1 aliphatic heterocycles. The first-order valence-corrected chi connectivity index (χ1v) is 7.15. The van der Waals surface area contributed by atoms with Crippen molar-refractivity contribution in [3.63, 3.8) is 0 Å². The molecule has 0 saturated carbocycles. The number of rotatable bonds is 1. The van der Waals surface area contributed by atoms with E-state index in [-0.39, 0.29) is 12.0 Å². The lowest BCUT2D eigenvalue weighted by molar-refractivity contribution is 0.547. The van der Waals surface area contributed by atoms with Crippen LogP contribution in [0.1, 0.15) is 43.6 Å². The number of nitriles is 1. The highest BCUT2D eigenvalue weighted by Crippen LogP contribution is 2.38. The second-order valence-electron chi connectivity index (χ2n) is 4.03. The number of hydrogen-bond donors (Lipinski definition) is 0. The molecule has 0 radical (unpaired) electrons. The molecular weight excluding hydrogens is 304 g/mol. The third-order valence-electron chi connectivity index (χ3n) is 3.04. The van der Waals surface area contributed by atoms with Gasteiger partial charge in [0.25, 0.3) is 0 Å². The van der Waals surface area contributed by atoms with Crippen molar-refractivity contribution in [2.24, 2.45) is 0 Å². The Morgan fingerprint density at radius 3 is 2.63 bits per heavy atom. The monoisotopic (exact) mass is 318 g/mol. The largest absolute Gasteiger partial charge is 0.240 e. The summed E-state index contributed by atoms with van der Waals surface area (Å²) >= 11 is 3.26. The summed E-state index contributed by atoms with van der Waals surface area (Å²) in [6.07, 6.45) is 0.753. The fraction of sp³-hybridized carbons (Fsp3) is 0.357. The van der Waals surface area contributed by atoms with Gasteiger partial charge in [0.1, 0.15) is 11.7 Å². The van der Waals surface area contributed by atoms with Gasteiger partial charge < -0.3 is 0 Å². The van der Waals surface area contributed by atoms with Crippen molar-refractivity contribution in [1.82, 2.24) is 14.8 Å². The summed E-state index contributed by atoms with van der Waals surface area (Å²) in [6, 6.07) is 12.5. The predicted molar refractivity (Wildman–Crippen MR) is 76.6 cm³/mol. The third kappa shape index (κ3) is 2.54. The van der Waals surface area contributed by atoms with Crippen LogP contribution in [-0.4, -0.2) is 14.8 Å². The molecule has 4 nitrogen and oxygen atoms in total. The molecule has 2 heterocycles. The number of nitrogens with zero attached hydrogens (tertiary/aromatic N) is 4. The summed E-state index contributed by atoms with van der Waals surface area (Å²) in [5.74, 6) is 0.590. The molecule has 0 bridgehead atoms. The van der Waals surface area contributed by atoms with Gasteiger partial charge in [-0.2, -0.15) is 5.26 Å². The van der Waals surface area contributed by atoms with E-state index in [0.717, 1.165) is 12.2 Å². The summed E-state index contributed by atoms with van der Waals surface area (Å²) in [5, 5.41) is 13.5. The van der Waals surface area contributed by atoms with E-state index >= 15 is 0 Å². The Bertz CT molecular complexity index is 585.